The van der Waals surface area contributed by atoms with Gasteiger partial charge in [0.2, 0.25) is 15.9 Å². The number of carbonyl (C=O) groups is 1. The highest BCUT2D eigenvalue weighted by Gasteiger charge is 2.33. The lowest BCUT2D eigenvalue weighted by molar-refractivity contribution is -0.126. The van der Waals surface area contributed by atoms with Crippen LogP contribution in [0.15, 0.2) is 29.6 Å². The standard InChI is InChI=1S/C16H24N6O3S/c1-3-22-14(6-7-18-22)9-17-16(23)13-5-4-8-21(11-13)26(24,25)15-10-19-20(2)12-15/h6-7,10,12-13H,3-5,8-9,11H2,1-2H3,(H,17,23). The number of piperidine rings is 1. The Morgan fingerprint density at radius 1 is 1.38 bits per heavy atom. The van der Waals surface area contributed by atoms with Crippen molar-refractivity contribution >= 4 is 15.9 Å². The zero-order valence-corrected chi connectivity index (χ0v) is 15.8. The molecule has 0 saturated carbocycles. The van der Waals surface area contributed by atoms with E-state index in [9.17, 15) is 13.2 Å². The fraction of sp³-hybridized carbons (Fsp3) is 0.562. The second-order valence-electron chi connectivity index (χ2n) is 6.41. The van der Waals surface area contributed by atoms with E-state index in [1.54, 1.807) is 13.2 Å². The number of aryl methyl sites for hydroxylation is 2. The molecular formula is C16H24N6O3S. The van der Waals surface area contributed by atoms with Crippen LogP contribution in [0, 0.1) is 5.92 Å². The van der Waals surface area contributed by atoms with Crippen LogP contribution < -0.4 is 5.32 Å². The summed E-state index contributed by atoms with van der Waals surface area (Å²) in [6, 6.07) is 1.86. The van der Waals surface area contributed by atoms with Gasteiger partial charge in [-0.3, -0.25) is 14.2 Å². The Bertz CT molecular complexity index is 872. The summed E-state index contributed by atoms with van der Waals surface area (Å²) in [5.41, 5.74) is 0.927. The average Bonchev–Trinajstić information content (AvgIpc) is 3.28. The molecule has 1 aliphatic heterocycles. The summed E-state index contributed by atoms with van der Waals surface area (Å²) in [6.45, 7) is 3.72. The summed E-state index contributed by atoms with van der Waals surface area (Å²) in [6.07, 6.45) is 5.85. The summed E-state index contributed by atoms with van der Waals surface area (Å²) in [7, 11) is -1.95. The fourth-order valence-corrected chi connectivity index (χ4v) is 4.68. The molecule has 1 saturated heterocycles. The summed E-state index contributed by atoms with van der Waals surface area (Å²) >= 11 is 0. The van der Waals surface area contributed by atoms with E-state index in [4.69, 9.17) is 0 Å². The van der Waals surface area contributed by atoms with Crippen molar-refractivity contribution in [2.75, 3.05) is 13.1 Å². The van der Waals surface area contributed by atoms with Crippen LogP contribution in [0.5, 0.6) is 0 Å². The molecule has 0 bridgehead atoms. The Hall–Kier alpha value is -2.20. The van der Waals surface area contributed by atoms with Gasteiger partial charge in [0, 0.05) is 39.1 Å². The molecule has 26 heavy (non-hydrogen) atoms. The molecule has 3 heterocycles. The molecule has 1 N–H and O–H groups in total. The van der Waals surface area contributed by atoms with Crippen LogP contribution >= 0.6 is 0 Å². The summed E-state index contributed by atoms with van der Waals surface area (Å²) in [5, 5.41) is 11.0. The number of hydrogen-bond acceptors (Lipinski definition) is 5. The van der Waals surface area contributed by atoms with E-state index in [0.717, 1.165) is 12.2 Å². The highest BCUT2D eigenvalue weighted by molar-refractivity contribution is 7.89. The molecule has 0 aromatic carbocycles. The number of aromatic nitrogens is 4. The lowest BCUT2D eigenvalue weighted by Gasteiger charge is -2.30. The van der Waals surface area contributed by atoms with Gasteiger partial charge in [-0.05, 0) is 25.8 Å². The summed E-state index contributed by atoms with van der Waals surface area (Å²) in [4.78, 5) is 12.7. The van der Waals surface area contributed by atoms with Gasteiger partial charge in [0.05, 0.1) is 24.4 Å². The zero-order chi connectivity index (χ0) is 18.7. The molecular weight excluding hydrogens is 356 g/mol. The molecule has 0 radical (unpaired) electrons. The highest BCUT2D eigenvalue weighted by atomic mass is 32.2. The molecule has 142 valence electrons. The van der Waals surface area contributed by atoms with E-state index in [0.29, 0.717) is 25.9 Å². The molecule has 1 fully saturated rings. The van der Waals surface area contributed by atoms with Crippen LogP contribution in [0.2, 0.25) is 0 Å². The molecule has 0 spiro atoms. The molecule has 1 aliphatic rings. The van der Waals surface area contributed by atoms with Gasteiger partial charge in [0.15, 0.2) is 0 Å². The number of amides is 1. The SMILES string of the molecule is CCn1nccc1CNC(=O)C1CCCN(S(=O)(=O)c2cnn(C)c2)C1. The largest absolute Gasteiger partial charge is 0.350 e. The monoisotopic (exact) mass is 380 g/mol. The molecule has 1 atom stereocenters. The minimum absolute atomic E-state index is 0.125. The summed E-state index contributed by atoms with van der Waals surface area (Å²) in [5.74, 6) is -0.479. The van der Waals surface area contributed by atoms with Crippen LogP contribution in [-0.4, -0.2) is 51.3 Å². The van der Waals surface area contributed by atoms with Crippen molar-refractivity contribution in [2.24, 2.45) is 13.0 Å². The van der Waals surface area contributed by atoms with Crippen molar-refractivity contribution in [3.05, 3.63) is 30.4 Å². The van der Waals surface area contributed by atoms with Gasteiger partial charge in [-0.25, -0.2) is 8.42 Å². The lowest BCUT2D eigenvalue weighted by atomic mass is 9.99. The second kappa shape index (κ2) is 7.58. The number of nitrogens with zero attached hydrogens (tertiary/aromatic N) is 5. The Labute approximate surface area is 153 Å². The second-order valence-corrected chi connectivity index (χ2v) is 8.35. The number of hydrogen-bond donors (Lipinski definition) is 1. The van der Waals surface area contributed by atoms with Gasteiger partial charge >= 0.3 is 0 Å². The van der Waals surface area contributed by atoms with E-state index in [1.165, 1.54) is 21.4 Å². The lowest BCUT2D eigenvalue weighted by Crippen LogP contribution is -2.45. The predicted octanol–water partition coefficient (Wildman–Crippen LogP) is 0.354. The molecule has 1 unspecified atom stereocenters. The van der Waals surface area contributed by atoms with Gasteiger partial charge in [-0.2, -0.15) is 14.5 Å². The number of nitrogens with one attached hydrogen (secondary N) is 1. The maximum atomic E-state index is 12.7. The fourth-order valence-electron chi connectivity index (χ4n) is 3.17. The van der Waals surface area contributed by atoms with E-state index < -0.39 is 10.0 Å². The van der Waals surface area contributed by atoms with E-state index in [1.807, 2.05) is 17.7 Å². The Balaban J connectivity index is 1.63. The minimum atomic E-state index is -3.62. The smallest absolute Gasteiger partial charge is 0.246 e. The Kier molecular flexibility index (Phi) is 5.42. The molecule has 2 aromatic rings. The number of carbonyl (C=O) groups excluding carboxylic acids is 1. The molecule has 10 heteroatoms. The molecule has 9 nitrogen and oxygen atoms in total. The average molecular weight is 380 g/mol. The first-order valence-corrected chi connectivity index (χ1v) is 10.1. The maximum Gasteiger partial charge on any atom is 0.246 e. The van der Waals surface area contributed by atoms with Crippen LogP contribution in [0.25, 0.3) is 0 Å². The van der Waals surface area contributed by atoms with Gasteiger partial charge in [-0.15, -0.1) is 0 Å². The van der Waals surface area contributed by atoms with Crippen molar-refractivity contribution in [1.29, 1.82) is 0 Å². The Morgan fingerprint density at radius 2 is 2.19 bits per heavy atom. The van der Waals surface area contributed by atoms with Crippen LogP contribution in [-0.2, 0) is 35.0 Å². The quantitative estimate of drug-likeness (QED) is 0.779. The predicted molar refractivity (Wildman–Crippen MR) is 94.4 cm³/mol. The molecule has 2 aromatic heterocycles. The van der Waals surface area contributed by atoms with E-state index in [2.05, 4.69) is 15.5 Å². The Morgan fingerprint density at radius 3 is 2.88 bits per heavy atom. The normalized spacial score (nSPS) is 18.8. The maximum absolute atomic E-state index is 12.7. The first-order valence-electron chi connectivity index (χ1n) is 8.69. The van der Waals surface area contributed by atoms with Gasteiger partial charge < -0.3 is 5.32 Å². The molecule has 0 aliphatic carbocycles. The number of sulfonamides is 1. The first kappa shape index (κ1) is 18.6. The van der Waals surface area contributed by atoms with Gasteiger partial charge in [0.1, 0.15) is 4.90 Å². The van der Waals surface area contributed by atoms with Crippen LogP contribution in [0.4, 0.5) is 0 Å². The molecule has 3 rings (SSSR count). The van der Waals surface area contributed by atoms with Crippen molar-refractivity contribution in [1.82, 2.24) is 29.2 Å². The zero-order valence-electron chi connectivity index (χ0n) is 15.0. The highest BCUT2D eigenvalue weighted by Crippen LogP contribution is 2.23. The third kappa shape index (κ3) is 3.80. The first-order chi connectivity index (χ1) is 12.4. The van der Waals surface area contributed by atoms with Gasteiger partial charge in [-0.1, -0.05) is 0 Å². The number of rotatable bonds is 6. The van der Waals surface area contributed by atoms with Crippen molar-refractivity contribution in [3.8, 4) is 0 Å². The van der Waals surface area contributed by atoms with Crippen molar-refractivity contribution < 1.29 is 13.2 Å². The molecule has 1 amide bonds. The topological polar surface area (TPSA) is 102 Å². The van der Waals surface area contributed by atoms with Crippen molar-refractivity contribution in [2.45, 2.75) is 37.8 Å². The van der Waals surface area contributed by atoms with Crippen LogP contribution in [0.1, 0.15) is 25.5 Å². The van der Waals surface area contributed by atoms with Crippen LogP contribution in [0.3, 0.4) is 0 Å². The third-order valence-corrected chi connectivity index (χ3v) is 6.44. The van der Waals surface area contributed by atoms with Crippen molar-refractivity contribution in [3.63, 3.8) is 0 Å². The minimum Gasteiger partial charge on any atom is -0.350 e. The summed E-state index contributed by atoms with van der Waals surface area (Å²) < 4.78 is 30.1. The third-order valence-electron chi connectivity index (χ3n) is 4.62. The van der Waals surface area contributed by atoms with E-state index >= 15 is 0 Å². The van der Waals surface area contributed by atoms with E-state index in [-0.39, 0.29) is 23.3 Å². The van der Waals surface area contributed by atoms with Gasteiger partial charge in [0.25, 0.3) is 0 Å².